The third-order valence-corrected chi connectivity index (χ3v) is 11.8. The van der Waals surface area contributed by atoms with E-state index in [-0.39, 0.29) is 5.41 Å². The molecule has 0 aromatic heterocycles. The molecule has 4 aromatic rings. The molecular weight excluding hydrogens is 443 g/mol. The first kappa shape index (κ1) is 22.1. The van der Waals surface area contributed by atoms with E-state index in [9.17, 15) is 0 Å². The van der Waals surface area contributed by atoms with Crippen LogP contribution in [0.2, 0.25) is 0 Å². The van der Waals surface area contributed by atoms with Gasteiger partial charge in [0.2, 0.25) is 0 Å². The van der Waals surface area contributed by atoms with Crippen LogP contribution in [0.4, 0.5) is 0 Å². The predicted octanol–water partition coefficient (Wildman–Crippen LogP) is 7.81. The number of rotatable bonds is 4. The summed E-state index contributed by atoms with van der Waals surface area (Å²) < 4.78 is 16.2. The van der Waals surface area contributed by atoms with Crippen molar-refractivity contribution in [2.24, 2.45) is 5.41 Å². The van der Waals surface area contributed by atoms with Crippen LogP contribution in [-0.2, 0) is 4.57 Å². The fraction of sp³-hybridized carbons (Fsp3) is 0.152. The Hall–Kier alpha value is -3.41. The molecule has 1 atom stereocenters. The van der Waals surface area contributed by atoms with Gasteiger partial charge in [0.05, 0.1) is 5.16 Å². The number of hydrogen-bond acceptors (Lipinski definition) is 1. The maximum atomic E-state index is 16.2. The molecule has 0 aliphatic heterocycles. The fourth-order valence-electron chi connectivity index (χ4n) is 6.38. The van der Waals surface area contributed by atoms with Gasteiger partial charge in [-0.15, -0.1) is 0 Å². The van der Waals surface area contributed by atoms with E-state index in [1.54, 1.807) is 0 Å². The molecule has 4 aromatic carbocycles. The molecule has 0 spiro atoms. The Kier molecular flexibility index (Phi) is 4.92. The van der Waals surface area contributed by atoms with Crippen molar-refractivity contribution in [2.45, 2.75) is 25.9 Å². The largest absolute Gasteiger partial charge is 0.312 e. The Bertz CT molecular complexity index is 1480. The summed E-state index contributed by atoms with van der Waals surface area (Å²) >= 11 is 0. The van der Waals surface area contributed by atoms with Crippen molar-refractivity contribution in [3.8, 4) is 0 Å². The fourth-order valence-corrected chi connectivity index (χ4v) is 10.7. The van der Waals surface area contributed by atoms with Crippen LogP contribution in [0.5, 0.6) is 0 Å². The molecule has 0 saturated carbocycles. The van der Waals surface area contributed by atoms with Crippen LogP contribution in [0.3, 0.4) is 0 Å². The van der Waals surface area contributed by atoms with Gasteiger partial charge in [-0.25, -0.2) is 0 Å². The molecule has 6 rings (SSSR count). The summed E-state index contributed by atoms with van der Waals surface area (Å²) in [7, 11) is -3.23. The lowest BCUT2D eigenvalue weighted by atomic mass is 9.58. The molecule has 0 N–H and O–H groups in total. The lowest BCUT2D eigenvalue weighted by molar-refractivity contribution is 0.354. The zero-order valence-corrected chi connectivity index (χ0v) is 21.3. The third kappa shape index (κ3) is 2.85. The smallest absolute Gasteiger partial charge is 0.158 e. The molecule has 1 nitrogen and oxygen atoms in total. The van der Waals surface area contributed by atoms with Crippen LogP contribution < -0.4 is 10.6 Å². The van der Waals surface area contributed by atoms with Gasteiger partial charge in [-0.2, -0.15) is 0 Å². The summed E-state index contributed by atoms with van der Waals surface area (Å²) in [5.74, 6) is 0. The molecule has 0 saturated heterocycles. The van der Waals surface area contributed by atoms with Crippen molar-refractivity contribution < 1.29 is 4.57 Å². The second-order valence-corrected chi connectivity index (χ2v) is 13.4. The maximum absolute atomic E-state index is 16.2. The van der Waals surface area contributed by atoms with Gasteiger partial charge in [-0.1, -0.05) is 136 Å². The molecule has 35 heavy (non-hydrogen) atoms. The summed E-state index contributed by atoms with van der Waals surface area (Å²) in [5, 5.41) is 1.13. The van der Waals surface area contributed by atoms with Crippen LogP contribution in [0.15, 0.2) is 121 Å². The lowest BCUT2D eigenvalue weighted by Crippen LogP contribution is -2.55. The minimum absolute atomic E-state index is 0.323. The zero-order valence-electron chi connectivity index (χ0n) is 20.4. The first-order valence-electron chi connectivity index (χ1n) is 12.2. The van der Waals surface area contributed by atoms with Gasteiger partial charge in [0.15, 0.2) is 7.14 Å². The van der Waals surface area contributed by atoms with Crippen LogP contribution in [-0.4, -0.2) is 5.16 Å². The van der Waals surface area contributed by atoms with E-state index < -0.39 is 12.3 Å². The summed E-state index contributed by atoms with van der Waals surface area (Å²) in [6.07, 6.45) is 2.31. The van der Waals surface area contributed by atoms with Crippen molar-refractivity contribution in [3.63, 3.8) is 0 Å². The first-order chi connectivity index (χ1) is 16.9. The van der Waals surface area contributed by atoms with Gasteiger partial charge >= 0.3 is 0 Å². The molecule has 1 unspecified atom stereocenters. The van der Waals surface area contributed by atoms with Crippen LogP contribution in [0.25, 0.3) is 17.2 Å². The van der Waals surface area contributed by atoms with E-state index in [4.69, 9.17) is 0 Å². The standard InChI is InChI=1S/C33H29OP/c1-32(2,3)33(35(34,26-18-9-5-10-19-26)27-20-11-6-12-21-27)29-23-25-17-13-14-22-28(25)30(29)31(33)24-15-7-4-8-16-24/h4-23H,1-3H3. The van der Waals surface area contributed by atoms with Gasteiger partial charge in [0, 0.05) is 10.6 Å². The number of fused-ring (bicyclic) bond motifs is 3. The summed E-state index contributed by atoms with van der Waals surface area (Å²) in [5.41, 5.74) is 6.96. The van der Waals surface area contributed by atoms with E-state index in [0.29, 0.717) is 0 Å². The van der Waals surface area contributed by atoms with Crippen LogP contribution in [0.1, 0.15) is 37.5 Å². The Labute approximate surface area is 208 Å². The summed E-state index contributed by atoms with van der Waals surface area (Å²) in [6, 6.07) is 39.5. The van der Waals surface area contributed by atoms with E-state index >= 15 is 4.57 Å². The average molecular weight is 473 g/mol. The minimum Gasteiger partial charge on any atom is -0.312 e. The van der Waals surface area contributed by atoms with Crippen LogP contribution in [0, 0.1) is 5.41 Å². The minimum atomic E-state index is -3.23. The topological polar surface area (TPSA) is 17.1 Å². The predicted molar refractivity (Wildman–Crippen MR) is 150 cm³/mol. The molecule has 2 aliphatic carbocycles. The molecule has 0 amide bonds. The van der Waals surface area contributed by atoms with Crippen LogP contribution >= 0.6 is 7.14 Å². The maximum Gasteiger partial charge on any atom is 0.158 e. The monoisotopic (exact) mass is 472 g/mol. The van der Waals surface area contributed by atoms with Gasteiger partial charge in [-0.3, -0.25) is 0 Å². The molecule has 2 heteroatoms. The van der Waals surface area contributed by atoms with Gasteiger partial charge < -0.3 is 4.57 Å². The number of benzene rings is 4. The van der Waals surface area contributed by atoms with Crippen molar-refractivity contribution in [1.82, 2.24) is 0 Å². The van der Waals surface area contributed by atoms with Gasteiger partial charge in [0.25, 0.3) is 0 Å². The second-order valence-electron chi connectivity index (χ2n) is 10.5. The van der Waals surface area contributed by atoms with Crippen molar-refractivity contribution in [3.05, 3.63) is 138 Å². The van der Waals surface area contributed by atoms with E-state index in [0.717, 1.165) is 16.2 Å². The quantitative estimate of drug-likeness (QED) is 0.277. The molecule has 0 radical (unpaired) electrons. The molecular formula is C33H29OP. The Balaban J connectivity index is 1.80. The van der Waals surface area contributed by atoms with E-state index in [2.05, 4.69) is 106 Å². The van der Waals surface area contributed by atoms with Crippen molar-refractivity contribution >= 4 is 35.0 Å². The SMILES string of the molecule is CC(C)(C)C1(P(=O)(c2ccccc2)c2ccccc2)C2=Cc3ccccc3C2=C1c1ccccc1. The second kappa shape index (κ2) is 7.80. The zero-order chi connectivity index (χ0) is 24.3. The molecule has 0 bridgehead atoms. The highest BCUT2D eigenvalue weighted by atomic mass is 31.2. The number of hydrogen-bond donors (Lipinski definition) is 0. The summed E-state index contributed by atoms with van der Waals surface area (Å²) in [4.78, 5) is 0. The lowest BCUT2D eigenvalue weighted by Gasteiger charge is -2.59. The molecule has 0 heterocycles. The molecule has 172 valence electrons. The van der Waals surface area contributed by atoms with Crippen molar-refractivity contribution in [2.75, 3.05) is 0 Å². The van der Waals surface area contributed by atoms with E-state index in [1.807, 2.05) is 36.4 Å². The highest BCUT2D eigenvalue weighted by molar-refractivity contribution is 7.81. The van der Waals surface area contributed by atoms with E-state index in [1.165, 1.54) is 27.8 Å². The number of allylic oxidation sites excluding steroid dienone is 3. The Morgan fingerprint density at radius 3 is 1.66 bits per heavy atom. The van der Waals surface area contributed by atoms with Gasteiger partial charge in [-0.05, 0) is 44.9 Å². The first-order valence-corrected chi connectivity index (χ1v) is 13.9. The highest BCUT2D eigenvalue weighted by Gasteiger charge is 2.68. The normalized spacial score (nSPS) is 19.0. The molecule has 0 fully saturated rings. The highest BCUT2D eigenvalue weighted by Crippen LogP contribution is 2.79. The molecule has 2 aliphatic rings. The summed E-state index contributed by atoms with van der Waals surface area (Å²) in [6.45, 7) is 6.78. The Morgan fingerprint density at radius 2 is 1.11 bits per heavy atom. The average Bonchev–Trinajstić information content (AvgIpc) is 3.19. The third-order valence-electron chi connectivity index (χ3n) is 7.66. The Morgan fingerprint density at radius 1 is 0.629 bits per heavy atom. The van der Waals surface area contributed by atoms with Gasteiger partial charge in [0.1, 0.15) is 0 Å². The van der Waals surface area contributed by atoms with Crippen molar-refractivity contribution in [1.29, 1.82) is 0 Å².